The molecule has 12 aromatic carbocycles. The van der Waals surface area contributed by atoms with Crippen molar-refractivity contribution in [1.82, 2.24) is 9.13 Å². The minimum absolute atomic E-state index is 0.165. The molecule has 0 unspecified atom stereocenters. The standard InChI is InChI=1S/C72H47BN4/c1-6-24-48(25-7-1)51-42-70-72-71(43-51)77(63-39-21-17-35-55(63)50-28-10-3-11-29-50)69-47-67-59(57-37-19-23-41-65(57)75(67)53-32-14-5-15-33-53)45-61(69)73(72)60-44-58-56-36-18-22-40-64(56)74(52-30-12-4-13-31-52)66(58)46-68(60)76(70)62-38-20-16-34-54(62)49-26-8-2-9-27-49/h1-47H. The zero-order valence-corrected chi connectivity index (χ0v) is 42.0. The van der Waals surface area contributed by atoms with E-state index in [2.05, 4.69) is 304 Å². The first-order valence-electron chi connectivity index (χ1n) is 26.6. The molecule has 0 spiro atoms. The number of hydrogen-bond donors (Lipinski definition) is 0. The smallest absolute Gasteiger partial charge is 0.252 e. The lowest BCUT2D eigenvalue weighted by Crippen LogP contribution is -2.61. The van der Waals surface area contributed by atoms with Crippen LogP contribution >= 0.6 is 0 Å². The van der Waals surface area contributed by atoms with E-state index < -0.39 is 0 Å². The van der Waals surface area contributed by atoms with Gasteiger partial charge >= 0.3 is 0 Å². The zero-order chi connectivity index (χ0) is 50.6. The highest BCUT2D eigenvalue weighted by molar-refractivity contribution is 7.00. The van der Waals surface area contributed by atoms with Gasteiger partial charge in [-0.2, -0.15) is 0 Å². The van der Waals surface area contributed by atoms with E-state index in [1.165, 1.54) is 60.1 Å². The monoisotopic (exact) mass is 978 g/mol. The third kappa shape index (κ3) is 6.60. The lowest BCUT2D eigenvalue weighted by atomic mass is 9.33. The van der Waals surface area contributed by atoms with Crippen LogP contribution in [0.5, 0.6) is 0 Å². The summed E-state index contributed by atoms with van der Waals surface area (Å²) in [4.78, 5) is 5.22. The highest BCUT2D eigenvalue weighted by Gasteiger charge is 2.45. The van der Waals surface area contributed by atoms with E-state index in [-0.39, 0.29) is 6.71 Å². The summed E-state index contributed by atoms with van der Waals surface area (Å²) >= 11 is 0. The largest absolute Gasteiger partial charge is 0.311 e. The molecule has 2 aliphatic heterocycles. The number of aromatic nitrogens is 2. The van der Waals surface area contributed by atoms with Crippen molar-refractivity contribution >= 4 is 101 Å². The maximum absolute atomic E-state index is 2.61. The molecule has 0 saturated heterocycles. The number of fused-ring (bicyclic) bond motifs is 10. The first kappa shape index (κ1) is 43.3. The van der Waals surface area contributed by atoms with Crippen molar-refractivity contribution in [3.05, 3.63) is 285 Å². The first-order valence-corrected chi connectivity index (χ1v) is 26.6. The molecule has 0 radical (unpaired) electrons. The predicted molar refractivity (Wildman–Crippen MR) is 325 cm³/mol. The Morgan fingerprint density at radius 2 is 0.597 bits per heavy atom. The molecule has 77 heavy (non-hydrogen) atoms. The summed E-state index contributed by atoms with van der Waals surface area (Å²) < 4.78 is 4.93. The van der Waals surface area contributed by atoms with Crippen LogP contribution in [0.25, 0.3) is 88.4 Å². The topological polar surface area (TPSA) is 16.3 Å². The summed E-state index contributed by atoms with van der Waals surface area (Å²) in [5, 5.41) is 4.91. The van der Waals surface area contributed by atoms with Crippen molar-refractivity contribution in [1.29, 1.82) is 0 Å². The molecule has 0 fully saturated rings. The van der Waals surface area contributed by atoms with Gasteiger partial charge in [0.1, 0.15) is 0 Å². The molecule has 16 rings (SSSR count). The Kier molecular flexibility index (Phi) is 9.70. The molecule has 0 aliphatic carbocycles. The summed E-state index contributed by atoms with van der Waals surface area (Å²) in [6.45, 7) is -0.165. The van der Waals surface area contributed by atoms with E-state index in [1.807, 2.05) is 0 Å². The molecular weight excluding hydrogens is 932 g/mol. The van der Waals surface area contributed by atoms with Gasteiger partial charge in [-0.3, -0.25) is 0 Å². The molecular formula is C72H47BN4. The van der Waals surface area contributed by atoms with Crippen LogP contribution in [0.4, 0.5) is 34.1 Å². The fourth-order valence-corrected chi connectivity index (χ4v) is 13.0. The SMILES string of the molecule is c1ccc(-c2cc3c4c(c2)N(c2ccccc2-c2ccccc2)c2cc5c(cc2B4c2cc4c6ccccc6n(-c6ccccc6)c4cc2N3c2ccccc2-c2ccccc2)c2ccccc2n5-c2ccccc2)cc1. The van der Waals surface area contributed by atoms with Gasteiger partial charge in [-0.25, -0.2) is 0 Å². The molecule has 5 heteroatoms. The van der Waals surface area contributed by atoms with Crippen LogP contribution in [0.3, 0.4) is 0 Å². The minimum atomic E-state index is -0.165. The number of rotatable bonds is 7. The van der Waals surface area contributed by atoms with Gasteiger partial charge in [0.15, 0.2) is 0 Å². The zero-order valence-electron chi connectivity index (χ0n) is 42.0. The maximum atomic E-state index is 2.61. The van der Waals surface area contributed by atoms with Crippen molar-refractivity contribution in [3.8, 4) is 44.8 Å². The van der Waals surface area contributed by atoms with Gasteiger partial charge < -0.3 is 18.9 Å². The summed E-state index contributed by atoms with van der Waals surface area (Å²) in [6.07, 6.45) is 0. The van der Waals surface area contributed by atoms with Crippen LogP contribution in [0.1, 0.15) is 0 Å². The third-order valence-electron chi connectivity index (χ3n) is 16.2. The number of hydrogen-bond acceptors (Lipinski definition) is 2. The van der Waals surface area contributed by atoms with Gasteiger partial charge in [-0.05, 0) is 111 Å². The van der Waals surface area contributed by atoms with Crippen LogP contribution < -0.4 is 26.2 Å². The second-order valence-corrected chi connectivity index (χ2v) is 20.4. The number of anilines is 6. The quantitative estimate of drug-likeness (QED) is 0.148. The Morgan fingerprint density at radius 1 is 0.234 bits per heavy atom. The Labute approximate surface area is 447 Å². The molecule has 0 amide bonds. The van der Waals surface area contributed by atoms with E-state index in [4.69, 9.17) is 0 Å². The molecule has 4 heterocycles. The Bertz CT molecular complexity index is 4350. The third-order valence-corrected chi connectivity index (χ3v) is 16.2. The second kappa shape index (κ2) is 17.2. The Hall–Kier alpha value is -10.1. The summed E-state index contributed by atoms with van der Waals surface area (Å²) in [6, 6.07) is 106. The van der Waals surface area contributed by atoms with E-state index in [0.29, 0.717) is 0 Å². The van der Waals surface area contributed by atoms with Gasteiger partial charge in [-0.1, -0.05) is 212 Å². The first-order chi connectivity index (χ1) is 38.2. The van der Waals surface area contributed by atoms with Crippen molar-refractivity contribution < 1.29 is 0 Å². The van der Waals surface area contributed by atoms with Crippen LogP contribution in [0, 0.1) is 0 Å². The molecule has 2 aliphatic rings. The van der Waals surface area contributed by atoms with Gasteiger partial charge in [0, 0.05) is 66.8 Å². The molecule has 0 saturated carbocycles. The summed E-state index contributed by atoms with van der Waals surface area (Å²) in [7, 11) is 0. The van der Waals surface area contributed by atoms with Crippen molar-refractivity contribution in [2.24, 2.45) is 0 Å². The number of para-hydroxylation sites is 6. The van der Waals surface area contributed by atoms with Gasteiger partial charge in [-0.15, -0.1) is 0 Å². The lowest BCUT2D eigenvalue weighted by molar-refractivity contribution is 1.17. The van der Waals surface area contributed by atoms with Crippen LogP contribution in [0.2, 0.25) is 0 Å². The molecule has 0 bridgehead atoms. The Balaban J connectivity index is 1.10. The molecule has 2 aromatic heterocycles. The average molecular weight is 979 g/mol. The normalized spacial score (nSPS) is 12.6. The molecule has 4 nitrogen and oxygen atoms in total. The van der Waals surface area contributed by atoms with Crippen LogP contribution in [-0.2, 0) is 0 Å². The number of benzene rings is 12. The predicted octanol–water partition coefficient (Wildman–Crippen LogP) is 17.0. The van der Waals surface area contributed by atoms with Crippen molar-refractivity contribution in [3.63, 3.8) is 0 Å². The Morgan fingerprint density at radius 3 is 1.04 bits per heavy atom. The minimum Gasteiger partial charge on any atom is -0.311 e. The van der Waals surface area contributed by atoms with Gasteiger partial charge in [0.05, 0.1) is 33.4 Å². The second-order valence-electron chi connectivity index (χ2n) is 20.4. The van der Waals surface area contributed by atoms with Gasteiger partial charge in [0.2, 0.25) is 0 Å². The van der Waals surface area contributed by atoms with E-state index in [0.717, 1.165) is 78.8 Å². The number of nitrogens with zero attached hydrogens (tertiary/aromatic N) is 4. The van der Waals surface area contributed by atoms with Crippen LogP contribution in [0.15, 0.2) is 285 Å². The van der Waals surface area contributed by atoms with Gasteiger partial charge in [0.25, 0.3) is 6.71 Å². The highest BCUT2D eigenvalue weighted by Crippen LogP contribution is 2.51. The summed E-state index contributed by atoms with van der Waals surface area (Å²) in [5.74, 6) is 0. The van der Waals surface area contributed by atoms with Crippen molar-refractivity contribution in [2.45, 2.75) is 0 Å². The average Bonchev–Trinajstić information content (AvgIpc) is 4.23. The van der Waals surface area contributed by atoms with E-state index in [9.17, 15) is 0 Å². The van der Waals surface area contributed by atoms with E-state index in [1.54, 1.807) is 0 Å². The molecule has 0 atom stereocenters. The molecule has 0 N–H and O–H groups in total. The maximum Gasteiger partial charge on any atom is 0.252 e. The van der Waals surface area contributed by atoms with Crippen molar-refractivity contribution in [2.75, 3.05) is 9.80 Å². The molecule has 358 valence electrons. The fraction of sp³-hybridized carbons (Fsp3) is 0. The molecule has 14 aromatic rings. The van der Waals surface area contributed by atoms with E-state index >= 15 is 0 Å². The highest BCUT2D eigenvalue weighted by atomic mass is 15.2. The van der Waals surface area contributed by atoms with Crippen LogP contribution in [-0.4, -0.2) is 15.8 Å². The summed E-state index contributed by atoms with van der Waals surface area (Å²) in [5.41, 5.74) is 24.6. The lowest BCUT2D eigenvalue weighted by Gasteiger charge is -2.45. The fourth-order valence-electron chi connectivity index (χ4n) is 13.0.